The third-order valence-corrected chi connectivity index (χ3v) is 2.46. The second kappa shape index (κ2) is 6.01. The summed E-state index contributed by atoms with van der Waals surface area (Å²) in [5.41, 5.74) is 1.12. The Morgan fingerprint density at radius 3 is 2.60 bits per heavy atom. The Morgan fingerprint density at radius 2 is 2.07 bits per heavy atom. The van der Waals surface area contributed by atoms with Gasteiger partial charge in [0, 0.05) is 10.9 Å². The molecule has 0 aromatic heterocycles. The first-order valence-corrected chi connectivity index (χ1v) is 6.28. The van der Waals surface area contributed by atoms with Crippen molar-refractivity contribution in [2.75, 3.05) is 6.61 Å². The lowest BCUT2D eigenvalue weighted by Crippen LogP contribution is -2.09. The topological polar surface area (TPSA) is 18.5 Å². The predicted octanol–water partition coefficient (Wildman–Crippen LogP) is 3.77. The summed E-state index contributed by atoms with van der Waals surface area (Å²) in [6.45, 7) is 6.65. The van der Waals surface area contributed by atoms with E-state index in [1.54, 1.807) is 0 Å². The standard InChI is InChI=1S/C12H17BrO2/c1-4-14-11-7-5-6-10(8-13)12(11)15-9(2)3/h5-7,9H,4,8H2,1-3H3. The molecule has 1 aromatic rings. The lowest BCUT2D eigenvalue weighted by atomic mass is 10.2. The van der Waals surface area contributed by atoms with Crippen LogP contribution in [-0.4, -0.2) is 12.7 Å². The van der Waals surface area contributed by atoms with Gasteiger partial charge >= 0.3 is 0 Å². The second-order valence-electron chi connectivity index (χ2n) is 3.48. The quantitative estimate of drug-likeness (QED) is 0.760. The van der Waals surface area contributed by atoms with Crippen molar-refractivity contribution in [1.29, 1.82) is 0 Å². The molecule has 0 fully saturated rings. The number of ether oxygens (including phenoxy) is 2. The van der Waals surface area contributed by atoms with Crippen LogP contribution in [0, 0.1) is 0 Å². The van der Waals surface area contributed by atoms with Crippen molar-refractivity contribution in [2.45, 2.75) is 32.2 Å². The van der Waals surface area contributed by atoms with E-state index in [1.807, 2.05) is 39.0 Å². The molecule has 0 saturated heterocycles. The van der Waals surface area contributed by atoms with Gasteiger partial charge in [-0.15, -0.1) is 0 Å². The lowest BCUT2D eigenvalue weighted by molar-refractivity contribution is 0.222. The Morgan fingerprint density at radius 1 is 1.33 bits per heavy atom. The van der Waals surface area contributed by atoms with E-state index >= 15 is 0 Å². The SMILES string of the molecule is CCOc1cccc(CBr)c1OC(C)C. The largest absolute Gasteiger partial charge is 0.490 e. The first-order chi connectivity index (χ1) is 7.19. The van der Waals surface area contributed by atoms with Crippen LogP contribution in [0.5, 0.6) is 11.5 Å². The fourth-order valence-electron chi connectivity index (χ4n) is 1.31. The molecule has 1 aromatic carbocycles. The molecule has 0 unspecified atom stereocenters. The lowest BCUT2D eigenvalue weighted by Gasteiger charge is -2.17. The number of hydrogen-bond acceptors (Lipinski definition) is 2. The van der Waals surface area contributed by atoms with Gasteiger partial charge < -0.3 is 9.47 Å². The van der Waals surface area contributed by atoms with Gasteiger partial charge in [-0.1, -0.05) is 28.1 Å². The van der Waals surface area contributed by atoms with E-state index < -0.39 is 0 Å². The fraction of sp³-hybridized carbons (Fsp3) is 0.500. The molecule has 0 saturated carbocycles. The molecule has 3 heteroatoms. The van der Waals surface area contributed by atoms with E-state index in [0.29, 0.717) is 6.61 Å². The van der Waals surface area contributed by atoms with Gasteiger partial charge in [-0.2, -0.15) is 0 Å². The molecule has 0 amide bonds. The minimum absolute atomic E-state index is 0.157. The number of hydrogen-bond donors (Lipinski definition) is 0. The van der Waals surface area contributed by atoms with E-state index in [1.165, 1.54) is 0 Å². The van der Waals surface area contributed by atoms with Crippen LogP contribution < -0.4 is 9.47 Å². The number of halogens is 1. The maximum atomic E-state index is 5.76. The molecule has 0 atom stereocenters. The zero-order valence-corrected chi connectivity index (χ0v) is 11.0. The van der Waals surface area contributed by atoms with Crippen LogP contribution in [0.1, 0.15) is 26.3 Å². The minimum Gasteiger partial charge on any atom is -0.490 e. The third kappa shape index (κ3) is 3.42. The van der Waals surface area contributed by atoms with Gasteiger partial charge in [0.1, 0.15) is 0 Å². The van der Waals surface area contributed by atoms with E-state index in [9.17, 15) is 0 Å². The molecule has 15 heavy (non-hydrogen) atoms. The van der Waals surface area contributed by atoms with Gasteiger partial charge in [0.15, 0.2) is 11.5 Å². The van der Waals surface area contributed by atoms with Crippen LogP contribution in [0.2, 0.25) is 0 Å². The minimum atomic E-state index is 0.157. The van der Waals surface area contributed by atoms with Crippen molar-refractivity contribution in [1.82, 2.24) is 0 Å². The highest BCUT2D eigenvalue weighted by Gasteiger charge is 2.11. The van der Waals surface area contributed by atoms with Crippen LogP contribution in [0.15, 0.2) is 18.2 Å². The highest BCUT2D eigenvalue weighted by Crippen LogP contribution is 2.33. The summed E-state index contributed by atoms with van der Waals surface area (Å²) in [5, 5.41) is 0.774. The molecule has 0 aliphatic rings. The van der Waals surface area contributed by atoms with Gasteiger partial charge in [0.05, 0.1) is 12.7 Å². The van der Waals surface area contributed by atoms with Crippen molar-refractivity contribution in [2.24, 2.45) is 0 Å². The summed E-state index contributed by atoms with van der Waals surface area (Å²) in [5.74, 6) is 1.68. The summed E-state index contributed by atoms with van der Waals surface area (Å²) in [4.78, 5) is 0. The number of alkyl halides is 1. The second-order valence-corrected chi connectivity index (χ2v) is 4.04. The van der Waals surface area contributed by atoms with Gasteiger partial charge in [0.2, 0.25) is 0 Å². The molecule has 0 aliphatic carbocycles. The predicted molar refractivity (Wildman–Crippen MR) is 66.0 cm³/mol. The highest BCUT2D eigenvalue weighted by atomic mass is 79.9. The fourth-order valence-corrected chi connectivity index (χ4v) is 1.75. The zero-order chi connectivity index (χ0) is 11.3. The first-order valence-electron chi connectivity index (χ1n) is 5.16. The van der Waals surface area contributed by atoms with Crippen LogP contribution >= 0.6 is 15.9 Å². The van der Waals surface area contributed by atoms with E-state index in [4.69, 9.17) is 9.47 Å². The average molecular weight is 273 g/mol. The molecule has 84 valence electrons. The first kappa shape index (κ1) is 12.4. The normalized spacial score (nSPS) is 10.5. The maximum absolute atomic E-state index is 5.76. The van der Waals surface area contributed by atoms with Crippen molar-refractivity contribution in [3.8, 4) is 11.5 Å². The van der Waals surface area contributed by atoms with Crippen LogP contribution in [0.3, 0.4) is 0 Å². The Labute approximate surface area is 99.7 Å². The molecule has 0 N–H and O–H groups in total. The Bertz CT molecular complexity index is 310. The molecule has 1 rings (SSSR count). The molecular weight excluding hydrogens is 256 g/mol. The molecular formula is C12H17BrO2. The van der Waals surface area contributed by atoms with Crippen LogP contribution in [0.25, 0.3) is 0 Å². The average Bonchev–Trinajstić information content (AvgIpc) is 2.20. The van der Waals surface area contributed by atoms with E-state index in [2.05, 4.69) is 15.9 Å². The summed E-state index contributed by atoms with van der Waals surface area (Å²) >= 11 is 3.45. The summed E-state index contributed by atoms with van der Waals surface area (Å²) < 4.78 is 11.3. The Balaban J connectivity index is 3.02. The number of benzene rings is 1. The number of rotatable bonds is 5. The molecule has 0 aliphatic heterocycles. The Kier molecular flexibility index (Phi) is 4.95. The molecule has 0 heterocycles. The van der Waals surface area contributed by atoms with Crippen molar-refractivity contribution >= 4 is 15.9 Å². The molecule has 2 nitrogen and oxygen atoms in total. The van der Waals surface area contributed by atoms with Crippen LogP contribution in [0.4, 0.5) is 0 Å². The third-order valence-electron chi connectivity index (χ3n) is 1.86. The maximum Gasteiger partial charge on any atom is 0.165 e. The molecule has 0 bridgehead atoms. The number of para-hydroxylation sites is 1. The van der Waals surface area contributed by atoms with Gasteiger partial charge in [-0.25, -0.2) is 0 Å². The summed E-state index contributed by atoms with van der Waals surface area (Å²) in [6, 6.07) is 5.96. The zero-order valence-electron chi connectivity index (χ0n) is 9.42. The van der Waals surface area contributed by atoms with Gasteiger partial charge in [-0.3, -0.25) is 0 Å². The van der Waals surface area contributed by atoms with Crippen molar-refractivity contribution in [3.63, 3.8) is 0 Å². The monoisotopic (exact) mass is 272 g/mol. The van der Waals surface area contributed by atoms with Crippen LogP contribution in [-0.2, 0) is 5.33 Å². The van der Waals surface area contributed by atoms with E-state index in [0.717, 1.165) is 22.4 Å². The van der Waals surface area contributed by atoms with Gasteiger partial charge in [0.25, 0.3) is 0 Å². The van der Waals surface area contributed by atoms with Gasteiger partial charge in [-0.05, 0) is 26.8 Å². The summed E-state index contributed by atoms with van der Waals surface area (Å²) in [6.07, 6.45) is 0.157. The van der Waals surface area contributed by atoms with Crippen molar-refractivity contribution in [3.05, 3.63) is 23.8 Å². The smallest absolute Gasteiger partial charge is 0.165 e. The van der Waals surface area contributed by atoms with E-state index in [-0.39, 0.29) is 6.10 Å². The summed E-state index contributed by atoms with van der Waals surface area (Å²) in [7, 11) is 0. The van der Waals surface area contributed by atoms with Crippen molar-refractivity contribution < 1.29 is 9.47 Å². The highest BCUT2D eigenvalue weighted by molar-refractivity contribution is 9.08. The molecule has 0 spiro atoms. The molecule has 0 radical (unpaired) electrons. The Hall–Kier alpha value is -0.700.